The number of halogens is 1. The van der Waals surface area contributed by atoms with Gasteiger partial charge in [0.2, 0.25) is 5.91 Å². The van der Waals surface area contributed by atoms with Gasteiger partial charge in [0.25, 0.3) is 5.91 Å². The van der Waals surface area contributed by atoms with E-state index in [1.165, 1.54) is 0 Å². The first-order valence-corrected chi connectivity index (χ1v) is 9.33. The van der Waals surface area contributed by atoms with Crippen LogP contribution in [-0.4, -0.2) is 44.4 Å². The molecule has 0 unspecified atom stereocenters. The summed E-state index contributed by atoms with van der Waals surface area (Å²) in [5, 5.41) is 5.01. The van der Waals surface area contributed by atoms with Crippen molar-refractivity contribution in [2.45, 2.75) is 20.3 Å². The number of nitrogens with zero attached hydrogens (tertiary/aromatic N) is 4. The number of hydrogen-bond donors (Lipinski definition) is 1. The summed E-state index contributed by atoms with van der Waals surface area (Å²) in [4.78, 5) is 31.0. The topological polar surface area (TPSA) is 93.6 Å². The van der Waals surface area contributed by atoms with Crippen LogP contribution >= 0.6 is 11.6 Å². The highest BCUT2D eigenvalue weighted by molar-refractivity contribution is 6.30. The molecular formula is C20H20ClN5O2. The van der Waals surface area contributed by atoms with Gasteiger partial charge in [0, 0.05) is 35.6 Å². The van der Waals surface area contributed by atoms with E-state index in [2.05, 4.69) is 10.1 Å². The number of amides is 2. The van der Waals surface area contributed by atoms with E-state index in [1.807, 2.05) is 32.0 Å². The van der Waals surface area contributed by atoms with Crippen LogP contribution < -0.4 is 5.73 Å². The Morgan fingerprint density at radius 3 is 2.50 bits per heavy atom. The molecule has 1 aliphatic heterocycles. The van der Waals surface area contributed by atoms with E-state index in [4.69, 9.17) is 17.3 Å². The molecular weight excluding hydrogens is 378 g/mol. The summed E-state index contributed by atoms with van der Waals surface area (Å²) in [5.41, 5.74) is 8.57. The minimum absolute atomic E-state index is 0.226. The average Bonchev–Trinajstić information content (AvgIpc) is 3.03. The van der Waals surface area contributed by atoms with Crippen LogP contribution in [0.2, 0.25) is 5.02 Å². The van der Waals surface area contributed by atoms with Crippen LogP contribution in [0.1, 0.15) is 27.4 Å². The highest BCUT2D eigenvalue weighted by Crippen LogP contribution is 2.35. The van der Waals surface area contributed by atoms with Crippen molar-refractivity contribution in [3.05, 3.63) is 64.1 Å². The van der Waals surface area contributed by atoms with Gasteiger partial charge in [-0.1, -0.05) is 23.7 Å². The second-order valence-corrected chi connectivity index (χ2v) is 7.88. The number of nitrogens with two attached hydrogens (primary N) is 1. The maximum absolute atomic E-state index is 12.9. The molecule has 0 spiro atoms. The Labute approximate surface area is 167 Å². The third kappa shape index (κ3) is 3.11. The Balaban J connectivity index is 1.53. The van der Waals surface area contributed by atoms with Crippen molar-refractivity contribution >= 4 is 29.1 Å². The first-order chi connectivity index (χ1) is 13.3. The summed E-state index contributed by atoms with van der Waals surface area (Å²) in [5.74, 6) is -0.634. The lowest BCUT2D eigenvalue weighted by atomic mass is 9.74. The minimum Gasteiger partial charge on any atom is -0.369 e. The Bertz CT molecular complexity index is 1080. The molecule has 1 aliphatic rings. The first-order valence-electron chi connectivity index (χ1n) is 8.95. The van der Waals surface area contributed by atoms with Crippen molar-refractivity contribution in [1.82, 2.24) is 19.5 Å². The molecule has 2 amide bonds. The first kappa shape index (κ1) is 18.4. The minimum atomic E-state index is -0.770. The average molecular weight is 398 g/mol. The van der Waals surface area contributed by atoms with Gasteiger partial charge in [0.15, 0.2) is 11.3 Å². The zero-order chi connectivity index (χ0) is 20.1. The largest absolute Gasteiger partial charge is 0.369 e. The fraction of sp³-hybridized carbons (Fsp3) is 0.300. The van der Waals surface area contributed by atoms with Gasteiger partial charge in [-0.05, 0) is 44.0 Å². The number of carbonyl (C=O) groups excluding carboxylic acids is 2. The van der Waals surface area contributed by atoms with Crippen LogP contribution in [0.3, 0.4) is 0 Å². The normalized spacial score (nSPS) is 15.5. The van der Waals surface area contributed by atoms with Crippen LogP contribution in [0.15, 0.2) is 36.4 Å². The summed E-state index contributed by atoms with van der Waals surface area (Å²) in [6.07, 6.45) is 0.467. The molecule has 0 saturated carbocycles. The molecule has 7 nitrogen and oxygen atoms in total. The second-order valence-electron chi connectivity index (χ2n) is 7.45. The quantitative estimate of drug-likeness (QED) is 0.730. The van der Waals surface area contributed by atoms with Gasteiger partial charge in [-0.15, -0.1) is 0 Å². The third-order valence-electron chi connectivity index (χ3n) is 5.21. The maximum atomic E-state index is 12.9. The summed E-state index contributed by atoms with van der Waals surface area (Å²) in [6, 6.07) is 10.9. The van der Waals surface area contributed by atoms with E-state index >= 15 is 0 Å². The smallest absolute Gasteiger partial charge is 0.274 e. The van der Waals surface area contributed by atoms with Crippen molar-refractivity contribution in [3.63, 3.8) is 0 Å². The molecule has 1 fully saturated rings. The fourth-order valence-corrected chi connectivity index (χ4v) is 3.86. The van der Waals surface area contributed by atoms with Crippen LogP contribution in [0.4, 0.5) is 0 Å². The molecule has 4 rings (SSSR count). The van der Waals surface area contributed by atoms with Crippen LogP contribution in [-0.2, 0) is 11.2 Å². The molecule has 0 aliphatic carbocycles. The van der Waals surface area contributed by atoms with Crippen molar-refractivity contribution < 1.29 is 9.59 Å². The van der Waals surface area contributed by atoms with E-state index in [-0.39, 0.29) is 19.0 Å². The Hall–Kier alpha value is -2.93. The number of rotatable bonds is 4. The molecule has 3 heterocycles. The monoisotopic (exact) mass is 397 g/mol. The van der Waals surface area contributed by atoms with Crippen LogP contribution in [0.25, 0.3) is 5.65 Å². The fourth-order valence-electron chi connectivity index (χ4n) is 3.73. The summed E-state index contributed by atoms with van der Waals surface area (Å²) >= 11 is 5.92. The number of likely N-dealkylation sites (tertiary alicyclic amines) is 1. The second kappa shape index (κ2) is 6.60. The van der Waals surface area contributed by atoms with Crippen LogP contribution in [0, 0.1) is 19.3 Å². The van der Waals surface area contributed by atoms with Crippen molar-refractivity contribution in [1.29, 1.82) is 0 Å². The molecule has 2 N–H and O–H groups in total. The highest BCUT2D eigenvalue weighted by Gasteiger charge is 2.50. The summed E-state index contributed by atoms with van der Waals surface area (Å²) in [7, 11) is 0. The zero-order valence-corrected chi connectivity index (χ0v) is 16.4. The maximum Gasteiger partial charge on any atom is 0.274 e. The number of fused-ring (bicyclic) bond motifs is 1. The summed E-state index contributed by atoms with van der Waals surface area (Å²) in [6.45, 7) is 4.35. The number of benzene rings is 1. The Morgan fingerprint density at radius 1 is 1.18 bits per heavy atom. The van der Waals surface area contributed by atoms with E-state index in [0.717, 1.165) is 17.0 Å². The molecule has 0 radical (unpaired) electrons. The molecule has 2 aromatic heterocycles. The number of aryl methyl sites for hydroxylation is 2. The predicted octanol–water partition coefficient (Wildman–Crippen LogP) is 2.17. The van der Waals surface area contributed by atoms with Crippen molar-refractivity contribution in [3.8, 4) is 0 Å². The molecule has 1 saturated heterocycles. The number of hydrogen-bond acceptors (Lipinski definition) is 4. The Kier molecular flexibility index (Phi) is 4.34. The van der Waals surface area contributed by atoms with Gasteiger partial charge in [-0.2, -0.15) is 5.10 Å². The lowest BCUT2D eigenvalue weighted by molar-refractivity contribution is -0.135. The SMILES string of the molecule is Cc1cc(C)n2nc(C(=O)N3CC(Cc4ccc(Cl)cc4)(C(N)=O)C3)cc2n1. The van der Waals surface area contributed by atoms with Crippen LogP contribution in [0.5, 0.6) is 0 Å². The molecule has 8 heteroatoms. The molecule has 144 valence electrons. The van der Waals surface area contributed by atoms with Gasteiger partial charge < -0.3 is 10.6 Å². The van der Waals surface area contributed by atoms with Gasteiger partial charge in [-0.25, -0.2) is 9.50 Å². The molecule has 28 heavy (non-hydrogen) atoms. The van der Waals surface area contributed by atoms with Gasteiger partial charge in [0.05, 0.1) is 5.41 Å². The van der Waals surface area contributed by atoms with E-state index in [9.17, 15) is 9.59 Å². The standard InChI is InChI=1S/C20H20ClN5O2/c1-12-7-13(2)26-17(23-12)8-16(24-26)18(27)25-10-20(11-25,19(22)28)9-14-3-5-15(21)6-4-14/h3-8H,9-11H2,1-2H3,(H2,22,28). The molecule has 0 atom stereocenters. The van der Waals surface area contributed by atoms with Crippen molar-refractivity contribution in [2.24, 2.45) is 11.1 Å². The molecule has 0 bridgehead atoms. The summed E-state index contributed by atoms with van der Waals surface area (Å²) < 4.78 is 1.65. The number of carbonyl (C=O) groups is 2. The van der Waals surface area contributed by atoms with Gasteiger partial charge in [0.1, 0.15) is 0 Å². The number of aromatic nitrogens is 3. The third-order valence-corrected chi connectivity index (χ3v) is 5.46. The van der Waals surface area contributed by atoms with Gasteiger partial charge in [-0.3, -0.25) is 9.59 Å². The number of primary amides is 1. The van der Waals surface area contributed by atoms with E-state index in [1.54, 1.807) is 27.6 Å². The Morgan fingerprint density at radius 2 is 1.86 bits per heavy atom. The van der Waals surface area contributed by atoms with Crippen molar-refractivity contribution in [2.75, 3.05) is 13.1 Å². The molecule has 3 aromatic rings. The van der Waals surface area contributed by atoms with Gasteiger partial charge >= 0.3 is 0 Å². The lowest BCUT2D eigenvalue weighted by Crippen LogP contribution is -2.64. The lowest BCUT2D eigenvalue weighted by Gasteiger charge is -2.47. The molecule has 1 aromatic carbocycles. The van der Waals surface area contributed by atoms with E-state index in [0.29, 0.717) is 22.8 Å². The zero-order valence-electron chi connectivity index (χ0n) is 15.6. The highest BCUT2D eigenvalue weighted by atomic mass is 35.5. The predicted molar refractivity (Wildman–Crippen MR) is 105 cm³/mol. The van der Waals surface area contributed by atoms with E-state index < -0.39 is 11.3 Å².